The number of hydrogen-bond acceptors (Lipinski definition) is 6. The predicted molar refractivity (Wildman–Crippen MR) is 91.9 cm³/mol. The number of hydrogen-bond donors (Lipinski definition) is 1. The summed E-state index contributed by atoms with van der Waals surface area (Å²) in [6.07, 6.45) is 1.47. The van der Waals surface area contributed by atoms with E-state index in [0.29, 0.717) is 18.7 Å². The van der Waals surface area contributed by atoms with Gasteiger partial charge in [0, 0.05) is 23.9 Å². The van der Waals surface area contributed by atoms with Gasteiger partial charge in [-0.15, -0.1) is 11.3 Å². The van der Waals surface area contributed by atoms with Gasteiger partial charge in [-0.1, -0.05) is 6.92 Å². The standard InChI is InChI=1S/C16H19N3O4S/c1-4-13-10(2)24-15(18-13)7-8-17-16(20)12-9-11(23-3)5-6-14(12)19(21)22/h5-6,9H,4,7-8H2,1-3H3,(H,17,20). The average Bonchev–Trinajstić information content (AvgIpc) is 2.93. The van der Waals surface area contributed by atoms with Crippen LogP contribution in [-0.4, -0.2) is 29.5 Å². The molecule has 8 heteroatoms. The van der Waals surface area contributed by atoms with E-state index in [1.54, 1.807) is 11.3 Å². The Bertz CT molecular complexity index is 758. The topological polar surface area (TPSA) is 94.4 Å². The third-order valence-corrected chi connectivity index (χ3v) is 4.61. The van der Waals surface area contributed by atoms with Gasteiger partial charge in [-0.25, -0.2) is 4.98 Å². The Morgan fingerprint density at radius 2 is 2.21 bits per heavy atom. The number of carbonyl (C=O) groups is 1. The lowest BCUT2D eigenvalue weighted by Gasteiger charge is -2.07. The van der Waals surface area contributed by atoms with E-state index in [1.165, 1.54) is 30.2 Å². The summed E-state index contributed by atoms with van der Waals surface area (Å²) in [7, 11) is 1.44. The van der Waals surface area contributed by atoms with Gasteiger partial charge in [0.15, 0.2) is 0 Å². The van der Waals surface area contributed by atoms with Crippen molar-refractivity contribution in [1.29, 1.82) is 0 Å². The minimum Gasteiger partial charge on any atom is -0.497 e. The molecule has 2 aromatic rings. The third-order valence-electron chi connectivity index (χ3n) is 3.54. The zero-order valence-electron chi connectivity index (χ0n) is 13.8. The van der Waals surface area contributed by atoms with Gasteiger partial charge in [0.2, 0.25) is 0 Å². The number of ether oxygens (including phenoxy) is 1. The van der Waals surface area contributed by atoms with E-state index < -0.39 is 10.8 Å². The number of nitro groups is 1. The molecule has 0 spiro atoms. The first kappa shape index (κ1) is 17.9. The van der Waals surface area contributed by atoms with Gasteiger partial charge in [0.25, 0.3) is 11.6 Å². The lowest BCUT2D eigenvalue weighted by atomic mass is 10.1. The molecule has 24 heavy (non-hydrogen) atoms. The van der Waals surface area contributed by atoms with Crippen molar-refractivity contribution < 1.29 is 14.5 Å². The van der Waals surface area contributed by atoms with Gasteiger partial charge in [-0.05, 0) is 25.5 Å². The molecule has 128 valence electrons. The number of aromatic nitrogens is 1. The highest BCUT2D eigenvalue weighted by Gasteiger charge is 2.20. The first-order valence-electron chi connectivity index (χ1n) is 7.52. The molecule has 1 amide bonds. The second kappa shape index (κ2) is 7.87. The molecule has 1 N–H and O–H groups in total. The molecule has 7 nitrogen and oxygen atoms in total. The summed E-state index contributed by atoms with van der Waals surface area (Å²) in [5.41, 5.74) is 0.820. The first-order chi connectivity index (χ1) is 11.5. The minimum atomic E-state index is -0.577. The number of nitrogens with zero attached hydrogens (tertiary/aromatic N) is 2. The van der Waals surface area contributed by atoms with E-state index in [9.17, 15) is 14.9 Å². The lowest BCUT2D eigenvalue weighted by Crippen LogP contribution is -2.26. The Morgan fingerprint density at radius 1 is 1.46 bits per heavy atom. The molecule has 2 rings (SSSR count). The van der Waals surface area contributed by atoms with Crippen molar-refractivity contribution in [2.75, 3.05) is 13.7 Å². The maximum atomic E-state index is 12.3. The summed E-state index contributed by atoms with van der Waals surface area (Å²) >= 11 is 1.61. The molecule has 0 aliphatic carbocycles. The number of aryl methyl sites for hydroxylation is 2. The quantitative estimate of drug-likeness (QED) is 0.612. The highest BCUT2D eigenvalue weighted by Crippen LogP contribution is 2.24. The van der Waals surface area contributed by atoms with Crippen molar-refractivity contribution in [3.8, 4) is 5.75 Å². The van der Waals surface area contributed by atoms with Crippen molar-refractivity contribution in [2.24, 2.45) is 0 Å². The molecule has 0 unspecified atom stereocenters. The van der Waals surface area contributed by atoms with Gasteiger partial charge >= 0.3 is 0 Å². The van der Waals surface area contributed by atoms with Crippen LogP contribution in [0.3, 0.4) is 0 Å². The van der Waals surface area contributed by atoms with Gasteiger partial charge in [-0.3, -0.25) is 14.9 Å². The SMILES string of the molecule is CCc1nc(CCNC(=O)c2cc(OC)ccc2[N+](=O)[O-])sc1C. The smallest absolute Gasteiger partial charge is 0.282 e. The molecular formula is C16H19N3O4S. The van der Waals surface area contributed by atoms with Crippen LogP contribution in [0.4, 0.5) is 5.69 Å². The Balaban J connectivity index is 2.05. The van der Waals surface area contributed by atoms with Gasteiger partial charge in [-0.2, -0.15) is 0 Å². The van der Waals surface area contributed by atoms with Crippen LogP contribution >= 0.6 is 11.3 Å². The summed E-state index contributed by atoms with van der Waals surface area (Å²) in [6, 6.07) is 4.10. The van der Waals surface area contributed by atoms with Crippen LogP contribution < -0.4 is 10.1 Å². The van der Waals surface area contributed by atoms with Gasteiger partial charge in [0.05, 0.1) is 22.7 Å². The van der Waals surface area contributed by atoms with Crippen LogP contribution in [0.1, 0.15) is 32.9 Å². The molecule has 0 atom stereocenters. The number of rotatable bonds is 7. The monoisotopic (exact) mass is 349 g/mol. The lowest BCUT2D eigenvalue weighted by molar-refractivity contribution is -0.385. The molecule has 0 saturated heterocycles. The van der Waals surface area contributed by atoms with Crippen LogP contribution in [0.2, 0.25) is 0 Å². The number of carbonyl (C=O) groups excluding carboxylic acids is 1. The average molecular weight is 349 g/mol. The van der Waals surface area contributed by atoms with E-state index in [1.807, 2.05) is 6.92 Å². The zero-order valence-corrected chi connectivity index (χ0v) is 14.6. The summed E-state index contributed by atoms with van der Waals surface area (Å²) < 4.78 is 5.03. The fraction of sp³-hybridized carbons (Fsp3) is 0.375. The highest BCUT2D eigenvalue weighted by molar-refractivity contribution is 7.11. The Labute approximate surface area is 143 Å². The molecule has 1 aromatic heterocycles. The fourth-order valence-corrected chi connectivity index (χ4v) is 3.31. The van der Waals surface area contributed by atoms with E-state index in [-0.39, 0.29) is 11.3 Å². The van der Waals surface area contributed by atoms with Crippen LogP contribution in [0, 0.1) is 17.0 Å². The molecular weight excluding hydrogens is 330 g/mol. The molecule has 1 aromatic carbocycles. The number of amides is 1. The maximum Gasteiger partial charge on any atom is 0.282 e. The van der Waals surface area contributed by atoms with Crippen molar-refractivity contribution in [3.63, 3.8) is 0 Å². The zero-order chi connectivity index (χ0) is 17.7. The molecule has 1 heterocycles. The molecule has 0 aliphatic rings. The van der Waals surface area contributed by atoms with Crippen LogP contribution in [0.15, 0.2) is 18.2 Å². The molecule has 0 saturated carbocycles. The predicted octanol–water partition coefficient (Wildman–Crippen LogP) is 2.90. The number of methoxy groups -OCH3 is 1. The number of nitrogens with one attached hydrogen (secondary N) is 1. The summed E-state index contributed by atoms with van der Waals surface area (Å²) in [5.74, 6) is -0.0986. The number of nitro benzene ring substituents is 1. The second-order valence-electron chi connectivity index (χ2n) is 5.11. The van der Waals surface area contributed by atoms with Crippen molar-refractivity contribution in [2.45, 2.75) is 26.7 Å². The summed E-state index contributed by atoms with van der Waals surface area (Å²) in [5, 5.41) is 14.7. The Kier molecular flexibility index (Phi) is 5.86. The van der Waals surface area contributed by atoms with E-state index >= 15 is 0 Å². The van der Waals surface area contributed by atoms with Crippen molar-refractivity contribution in [3.05, 3.63) is 49.5 Å². The van der Waals surface area contributed by atoms with Gasteiger partial charge < -0.3 is 10.1 Å². The largest absolute Gasteiger partial charge is 0.497 e. The fourth-order valence-electron chi connectivity index (χ4n) is 2.28. The van der Waals surface area contributed by atoms with E-state index in [0.717, 1.165) is 17.1 Å². The Hall–Kier alpha value is -2.48. The Morgan fingerprint density at radius 3 is 2.79 bits per heavy atom. The molecule has 0 aliphatic heterocycles. The molecule has 0 radical (unpaired) electrons. The molecule has 0 bridgehead atoms. The second-order valence-corrected chi connectivity index (χ2v) is 6.40. The normalized spacial score (nSPS) is 10.5. The summed E-state index contributed by atoms with van der Waals surface area (Å²) in [4.78, 5) is 28.5. The van der Waals surface area contributed by atoms with E-state index in [2.05, 4.69) is 17.2 Å². The van der Waals surface area contributed by atoms with Gasteiger partial charge in [0.1, 0.15) is 11.3 Å². The maximum absolute atomic E-state index is 12.3. The van der Waals surface area contributed by atoms with Crippen molar-refractivity contribution >= 4 is 22.9 Å². The van der Waals surface area contributed by atoms with Crippen LogP contribution in [-0.2, 0) is 12.8 Å². The number of thiazole rings is 1. The molecule has 0 fully saturated rings. The van der Waals surface area contributed by atoms with Crippen molar-refractivity contribution in [1.82, 2.24) is 10.3 Å². The highest BCUT2D eigenvalue weighted by atomic mass is 32.1. The van der Waals surface area contributed by atoms with E-state index in [4.69, 9.17) is 4.74 Å². The minimum absolute atomic E-state index is 0.0103. The summed E-state index contributed by atoms with van der Waals surface area (Å²) in [6.45, 7) is 4.44. The number of benzene rings is 1. The van der Waals surface area contributed by atoms with Crippen LogP contribution in [0.5, 0.6) is 5.75 Å². The first-order valence-corrected chi connectivity index (χ1v) is 8.33. The van der Waals surface area contributed by atoms with Crippen LogP contribution in [0.25, 0.3) is 0 Å². The third kappa shape index (κ3) is 4.08.